The highest BCUT2D eigenvalue weighted by atomic mass is 127. The molecule has 5 nitrogen and oxygen atoms in total. The Morgan fingerprint density at radius 3 is 2.57 bits per heavy atom. The first-order valence-electron chi connectivity index (χ1n) is 6.30. The van der Waals surface area contributed by atoms with Gasteiger partial charge in [0.15, 0.2) is 5.13 Å². The van der Waals surface area contributed by atoms with Gasteiger partial charge in [0.1, 0.15) is 0 Å². The number of anilines is 2. The van der Waals surface area contributed by atoms with Crippen molar-refractivity contribution in [1.82, 2.24) is 4.98 Å². The molecule has 21 heavy (non-hydrogen) atoms. The van der Waals surface area contributed by atoms with Crippen LogP contribution in [0, 0.1) is 10.5 Å². The number of rotatable bonds is 5. The number of hydrogen-bond donors (Lipinski definition) is 2. The normalized spacial score (nSPS) is 10.2. The first kappa shape index (κ1) is 15.9. The molecule has 110 valence electrons. The van der Waals surface area contributed by atoms with Crippen molar-refractivity contribution in [3.8, 4) is 0 Å². The van der Waals surface area contributed by atoms with Crippen LogP contribution >= 0.6 is 33.9 Å². The van der Waals surface area contributed by atoms with E-state index in [9.17, 15) is 9.59 Å². The number of carbonyl (C=O) groups excluding carboxylic acids is 2. The molecule has 1 aromatic carbocycles. The van der Waals surface area contributed by atoms with Crippen molar-refractivity contribution in [2.75, 3.05) is 10.6 Å². The highest BCUT2D eigenvalue weighted by molar-refractivity contribution is 14.1. The molecule has 1 aromatic heterocycles. The number of carbonyl (C=O) groups is 2. The second-order valence-corrected chi connectivity index (χ2v) is 6.53. The van der Waals surface area contributed by atoms with Crippen molar-refractivity contribution >= 4 is 56.6 Å². The fourth-order valence-electron chi connectivity index (χ4n) is 1.67. The number of benzene rings is 1. The van der Waals surface area contributed by atoms with Crippen LogP contribution in [0.5, 0.6) is 0 Å². The highest BCUT2D eigenvalue weighted by Crippen LogP contribution is 2.18. The van der Waals surface area contributed by atoms with Gasteiger partial charge in [0.05, 0.1) is 0 Å². The van der Waals surface area contributed by atoms with Crippen molar-refractivity contribution in [1.29, 1.82) is 0 Å². The summed E-state index contributed by atoms with van der Waals surface area (Å²) in [4.78, 5) is 27.5. The SMILES string of the molecule is Cc1cc(I)ccc1NC(=O)CCC(=O)Nc1nccs1. The van der Waals surface area contributed by atoms with Gasteiger partial charge in [-0.2, -0.15) is 0 Å². The van der Waals surface area contributed by atoms with Crippen LogP contribution in [0.15, 0.2) is 29.8 Å². The largest absolute Gasteiger partial charge is 0.326 e. The maximum absolute atomic E-state index is 11.9. The Labute approximate surface area is 140 Å². The van der Waals surface area contributed by atoms with Gasteiger partial charge in [0.25, 0.3) is 0 Å². The summed E-state index contributed by atoms with van der Waals surface area (Å²) in [6.45, 7) is 1.94. The zero-order chi connectivity index (χ0) is 15.2. The zero-order valence-electron chi connectivity index (χ0n) is 11.4. The van der Waals surface area contributed by atoms with Gasteiger partial charge in [0.2, 0.25) is 11.8 Å². The maximum Gasteiger partial charge on any atom is 0.226 e. The third kappa shape index (κ3) is 5.09. The first-order chi connectivity index (χ1) is 10.0. The minimum absolute atomic E-state index is 0.134. The third-order valence-corrected chi connectivity index (χ3v) is 4.08. The topological polar surface area (TPSA) is 71.1 Å². The van der Waals surface area contributed by atoms with Crippen LogP contribution < -0.4 is 10.6 Å². The molecule has 0 aliphatic carbocycles. The standard InChI is InChI=1S/C14H14IN3O2S/c1-9-8-10(15)2-3-11(9)17-12(19)4-5-13(20)18-14-16-6-7-21-14/h2-3,6-8H,4-5H2,1H3,(H,17,19)(H,16,18,20). The molecule has 0 aliphatic rings. The molecule has 1 heterocycles. The third-order valence-electron chi connectivity index (χ3n) is 2.72. The lowest BCUT2D eigenvalue weighted by molar-refractivity contribution is -0.121. The van der Waals surface area contributed by atoms with Gasteiger partial charge in [-0.25, -0.2) is 4.98 Å². The summed E-state index contributed by atoms with van der Waals surface area (Å²) in [5.41, 5.74) is 1.78. The van der Waals surface area contributed by atoms with Gasteiger partial charge in [-0.05, 0) is 53.3 Å². The molecule has 0 unspecified atom stereocenters. The lowest BCUT2D eigenvalue weighted by atomic mass is 10.2. The first-order valence-corrected chi connectivity index (χ1v) is 8.26. The maximum atomic E-state index is 11.9. The number of thiazole rings is 1. The van der Waals surface area contributed by atoms with Crippen LogP contribution in [-0.2, 0) is 9.59 Å². The van der Waals surface area contributed by atoms with Gasteiger partial charge in [0, 0.05) is 33.7 Å². The molecule has 0 saturated heterocycles. The molecule has 7 heteroatoms. The summed E-state index contributed by atoms with van der Waals surface area (Å²) >= 11 is 3.57. The molecule has 0 fully saturated rings. The van der Waals surface area contributed by atoms with Gasteiger partial charge < -0.3 is 10.6 Å². The Hall–Kier alpha value is -1.48. The van der Waals surface area contributed by atoms with Crippen LogP contribution in [0.1, 0.15) is 18.4 Å². The summed E-state index contributed by atoms with van der Waals surface area (Å²) < 4.78 is 1.12. The predicted molar refractivity (Wildman–Crippen MR) is 92.5 cm³/mol. The van der Waals surface area contributed by atoms with Crippen molar-refractivity contribution in [3.05, 3.63) is 38.9 Å². The number of aromatic nitrogens is 1. The molecule has 0 radical (unpaired) electrons. The van der Waals surface area contributed by atoms with Gasteiger partial charge in [-0.1, -0.05) is 0 Å². The van der Waals surface area contributed by atoms with E-state index in [0.717, 1.165) is 14.8 Å². The lowest BCUT2D eigenvalue weighted by Crippen LogP contribution is -2.17. The van der Waals surface area contributed by atoms with Crippen LogP contribution in [-0.4, -0.2) is 16.8 Å². The second kappa shape index (κ2) is 7.51. The van der Waals surface area contributed by atoms with E-state index in [0.29, 0.717) is 5.13 Å². The summed E-state index contributed by atoms with van der Waals surface area (Å²) in [6.07, 6.45) is 1.89. The Bertz CT molecular complexity index is 644. The molecule has 0 saturated carbocycles. The van der Waals surface area contributed by atoms with E-state index < -0.39 is 0 Å². The highest BCUT2D eigenvalue weighted by Gasteiger charge is 2.09. The number of amides is 2. The lowest BCUT2D eigenvalue weighted by Gasteiger charge is -2.08. The molecule has 0 bridgehead atoms. The molecule has 0 spiro atoms. The monoisotopic (exact) mass is 415 g/mol. The average molecular weight is 415 g/mol. The molecule has 2 N–H and O–H groups in total. The summed E-state index contributed by atoms with van der Waals surface area (Å²) in [5.74, 6) is -0.381. The predicted octanol–water partition coefficient (Wildman–Crippen LogP) is 3.41. The Morgan fingerprint density at radius 2 is 1.95 bits per heavy atom. The van der Waals surface area contributed by atoms with Crippen LogP contribution in [0.4, 0.5) is 10.8 Å². The fraction of sp³-hybridized carbons (Fsp3) is 0.214. The fourth-order valence-corrected chi connectivity index (χ4v) is 2.87. The van der Waals surface area contributed by atoms with Gasteiger partial charge in [-0.3, -0.25) is 9.59 Å². The zero-order valence-corrected chi connectivity index (χ0v) is 14.3. The van der Waals surface area contributed by atoms with Crippen LogP contribution in [0.25, 0.3) is 0 Å². The molecule has 2 rings (SSSR count). The van der Waals surface area contributed by atoms with Gasteiger partial charge in [-0.15, -0.1) is 11.3 Å². The van der Waals surface area contributed by atoms with Crippen molar-refractivity contribution < 1.29 is 9.59 Å². The molecule has 0 atom stereocenters. The summed E-state index contributed by atoms with van der Waals surface area (Å²) in [5, 5.41) is 7.79. The van der Waals surface area contributed by atoms with Crippen LogP contribution in [0.2, 0.25) is 0 Å². The number of halogens is 1. The number of hydrogen-bond acceptors (Lipinski definition) is 4. The molecule has 2 amide bonds. The number of nitrogens with one attached hydrogen (secondary N) is 2. The quantitative estimate of drug-likeness (QED) is 0.736. The van der Waals surface area contributed by atoms with Gasteiger partial charge >= 0.3 is 0 Å². The minimum atomic E-state index is -0.209. The Kier molecular flexibility index (Phi) is 5.68. The molecule has 2 aromatic rings. The van der Waals surface area contributed by atoms with E-state index in [1.54, 1.807) is 11.6 Å². The summed E-state index contributed by atoms with van der Waals surface area (Å²) in [6, 6.07) is 5.79. The van der Waals surface area contributed by atoms with E-state index in [1.807, 2.05) is 25.1 Å². The van der Waals surface area contributed by atoms with Crippen molar-refractivity contribution in [2.24, 2.45) is 0 Å². The average Bonchev–Trinajstić information content (AvgIpc) is 2.92. The van der Waals surface area contributed by atoms with E-state index in [4.69, 9.17) is 0 Å². The Balaban J connectivity index is 1.80. The summed E-state index contributed by atoms with van der Waals surface area (Å²) in [7, 11) is 0. The Morgan fingerprint density at radius 1 is 1.24 bits per heavy atom. The molecular weight excluding hydrogens is 401 g/mol. The number of aryl methyl sites for hydroxylation is 1. The minimum Gasteiger partial charge on any atom is -0.326 e. The smallest absolute Gasteiger partial charge is 0.226 e. The van der Waals surface area contributed by atoms with E-state index in [-0.39, 0.29) is 24.7 Å². The number of nitrogens with zero attached hydrogens (tertiary/aromatic N) is 1. The van der Waals surface area contributed by atoms with Crippen LogP contribution in [0.3, 0.4) is 0 Å². The van der Waals surface area contributed by atoms with E-state index in [2.05, 4.69) is 38.2 Å². The van der Waals surface area contributed by atoms with E-state index >= 15 is 0 Å². The van der Waals surface area contributed by atoms with E-state index in [1.165, 1.54) is 11.3 Å². The van der Waals surface area contributed by atoms with Crippen molar-refractivity contribution in [3.63, 3.8) is 0 Å². The molecule has 0 aliphatic heterocycles. The second-order valence-electron chi connectivity index (χ2n) is 4.39. The molecular formula is C14H14IN3O2S. The van der Waals surface area contributed by atoms with Crippen molar-refractivity contribution in [2.45, 2.75) is 19.8 Å².